The minimum Gasteiger partial charge on any atom is -0.320 e. The molecule has 0 saturated carbocycles. The summed E-state index contributed by atoms with van der Waals surface area (Å²) in [5.41, 5.74) is 1.91. The van der Waals surface area contributed by atoms with Crippen molar-refractivity contribution in [3.8, 4) is 6.07 Å². The van der Waals surface area contributed by atoms with Crippen LogP contribution in [0.25, 0.3) is 0 Å². The molecule has 1 atom stereocenters. The first-order valence-corrected chi connectivity index (χ1v) is 6.97. The van der Waals surface area contributed by atoms with Crippen LogP contribution in [-0.2, 0) is 13.0 Å². The summed E-state index contributed by atoms with van der Waals surface area (Å²) < 4.78 is 2.16. The van der Waals surface area contributed by atoms with Gasteiger partial charge in [0.15, 0.2) is 0 Å². The van der Waals surface area contributed by atoms with E-state index in [4.69, 9.17) is 4.98 Å². The van der Waals surface area contributed by atoms with E-state index in [2.05, 4.69) is 22.6 Å². The number of hydrogen-bond acceptors (Lipinski definition) is 3. The second-order valence-electron chi connectivity index (χ2n) is 5.58. The second-order valence-corrected chi connectivity index (χ2v) is 5.58. The van der Waals surface area contributed by atoms with Crippen molar-refractivity contribution in [3.05, 3.63) is 17.2 Å². The van der Waals surface area contributed by atoms with Crippen LogP contribution in [0.5, 0.6) is 0 Å². The van der Waals surface area contributed by atoms with Crippen LogP contribution in [0.2, 0.25) is 0 Å². The highest BCUT2D eigenvalue weighted by atomic mass is 15.1. The Hall–Kier alpha value is -1.34. The predicted molar refractivity (Wildman–Crippen MR) is 69.4 cm³/mol. The summed E-state index contributed by atoms with van der Waals surface area (Å²) in [5, 5.41) is 9.44. The number of aromatic nitrogens is 2. The fraction of sp³-hybridized carbons (Fsp3) is 0.714. The highest BCUT2D eigenvalue weighted by Crippen LogP contribution is 2.30. The quantitative estimate of drug-likeness (QED) is 0.758. The van der Waals surface area contributed by atoms with Gasteiger partial charge in [0, 0.05) is 25.4 Å². The van der Waals surface area contributed by atoms with Crippen molar-refractivity contribution in [3.63, 3.8) is 0 Å². The third-order valence-electron chi connectivity index (χ3n) is 4.22. The molecular formula is C14H20N4. The number of aryl methyl sites for hydroxylation is 1. The zero-order valence-corrected chi connectivity index (χ0v) is 11.0. The molecule has 0 radical (unpaired) electrons. The molecule has 0 N–H and O–H groups in total. The van der Waals surface area contributed by atoms with Gasteiger partial charge in [-0.3, -0.25) is 0 Å². The van der Waals surface area contributed by atoms with Gasteiger partial charge in [0.25, 0.3) is 0 Å². The molecule has 1 aromatic heterocycles. The molecule has 1 unspecified atom stereocenters. The van der Waals surface area contributed by atoms with E-state index in [1.807, 2.05) is 0 Å². The Kier molecular flexibility index (Phi) is 3.09. The van der Waals surface area contributed by atoms with E-state index in [-0.39, 0.29) is 0 Å². The fourth-order valence-electron chi connectivity index (χ4n) is 3.30. The van der Waals surface area contributed by atoms with Gasteiger partial charge in [-0.25, -0.2) is 4.98 Å². The van der Waals surface area contributed by atoms with E-state index in [0.717, 1.165) is 36.7 Å². The lowest BCUT2D eigenvalue weighted by Crippen LogP contribution is -2.31. The maximum Gasteiger partial charge on any atom is 0.143 e. The number of fused-ring (bicyclic) bond motifs is 1. The van der Waals surface area contributed by atoms with Gasteiger partial charge in [0.2, 0.25) is 0 Å². The van der Waals surface area contributed by atoms with Crippen LogP contribution < -0.4 is 0 Å². The highest BCUT2D eigenvalue weighted by Gasteiger charge is 2.27. The third-order valence-corrected chi connectivity index (χ3v) is 4.22. The maximum absolute atomic E-state index is 9.44. The lowest BCUT2D eigenvalue weighted by molar-refractivity contribution is 0.248. The van der Waals surface area contributed by atoms with Crippen molar-refractivity contribution in [2.75, 3.05) is 20.1 Å². The first-order valence-electron chi connectivity index (χ1n) is 6.97. The van der Waals surface area contributed by atoms with Gasteiger partial charge in [-0.2, -0.15) is 5.26 Å². The van der Waals surface area contributed by atoms with Crippen molar-refractivity contribution in [2.45, 2.75) is 44.6 Å². The topological polar surface area (TPSA) is 44.9 Å². The molecule has 0 aromatic carbocycles. The number of imidazole rings is 1. The highest BCUT2D eigenvalue weighted by molar-refractivity contribution is 5.33. The van der Waals surface area contributed by atoms with Gasteiger partial charge >= 0.3 is 0 Å². The van der Waals surface area contributed by atoms with Gasteiger partial charge in [-0.15, -0.1) is 0 Å². The number of likely N-dealkylation sites (tertiary alicyclic amines) is 1. The molecule has 1 fully saturated rings. The van der Waals surface area contributed by atoms with E-state index in [1.54, 1.807) is 0 Å². The molecule has 1 saturated heterocycles. The van der Waals surface area contributed by atoms with Crippen LogP contribution in [0, 0.1) is 11.3 Å². The Balaban J connectivity index is 1.96. The largest absolute Gasteiger partial charge is 0.320 e. The molecule has 3 heterocycles. The first-order chi connectivity index (χ1) is 8.79. The smallest absolute Gasteiger partial charge is 0.143 e. The molecule has 2 aliphatic rings. The molecule has 4 heteroatoms. The molecule has 0 aliphatic carbocycles. The zero-order valence-electron chi connectivity index (χ0n) is 11.0. The van der Waals surface area contributed by atoms with E-state index in [9.17, 15) is 5.26 Å². The van der Waals surface area contributed by atoms with Crippen molar-refractivity contribution < 1.29 is 0 Å². The van der Waals surface area contributed by atoms with Crippen molar-refractivity contribution in [2.24, 2.45) is 0 Å². The monoisotopic (exact) mass is 244 g/mol. The molecule has 4 nitrogen and oxygen atoms in total. The molecule has 96 valence electrons. The molecule has 0 spiro atoms. The Morgan fingerprint density at radius 1 is 1.28 bits per heavy atom. The Morgan fingerprint density at radius 2 is 2.17 bits per heavy atom. The number of likely N-dealkylation sites (N-methyl/N-ethyl adjacent to an activating group) is 1. The fourth-order valence-corrected chi connectivity index (χ4v) is 3.30. The standard InChI is InChI=1S/C14H20N4/c1-17-7-4-5-11(10-17)14-12(9-15)18-8-3-2-6-13(18)16-14/h11H,2-8,10H2,1H3. The summed E-state index contributed by atoms with van der Waals surface area (Å²) in [6.45, 7) is 3.20. The minimum absolute atomic E-state index is 0.455. The molecular weight excluding hydrogens is 224 g/mol. The molecule has 0 bridgehead atoms. The summed E-state index contributed by atoms with van der Waals surface area (Å²) in [5.74, 6) is 1.59. The van der Waals surface area contributed by atoms with Crippen LogP contribution >= 0.6 is 0 Å². The van der Waals surface area contributed by atoms with Crippen molar-refractivity contribution in [1.82, 2.24) is 14.5 Å². The summed E-state index contributed by atoms with van der Waals surface area (Å²) in [6.07, 6.45) is 5.83. The number of nitrogens with zero attached hydrogens (tertiary/aromatic N) is 4. The summed E-state index contributed by atoms with van der Waals surface area (Å²) in [4.78, 5) is 7.15. The first kappa shape index (κ1) is 11.7. The van der Waals surface area contributed by atoms with Gasteiger partial charge in [0.1, 0.15) is 17.6 Å². The second kappa shape index (κ2) is 4.74. The van der Waals surface area contributed by atoms with Gasteiger partial charge in [0.05, 0.1) is 5.69 Å². The van der Waals surface area contributed by atoms with Crippen molar-refractivity contribution in [1.29, 1.82) is 5.26 Å². The number of piperidine rings is 1. The van der Waals surface area contributed by atoms with E-state index < -0.39 is 0 Å². The maximum atomic E-state index is 9.44. The minimum atomic E-state index is 0.455. The number of rotatable bonds is 1. The Morgan fingerprint density at radius 3 is 2.94 bits per heavy atom. The van der Waals surface area contributed by atoms with Gasteiger partial charge in [-0.05, 0) is 39.3 Å². The molecule has 3 rings (SSSR count). The average Bonchev–Trinajstić information content (AvgIpc) is 2.77. The third kappa shape index (κ3) is 1.93. The van der Waals surface area contributed by atoms with Crippen LogP contribution in [0.4, 0.5) is 0 Å². The van der Waals surface area contributed by atoms with E-state index in [0.29, 0.717) is 5.92 Å². The normalized spacial score (nSPS) is 24.6. The van der Waals surface area contributed by atoms with Crippen LogP contribution in [-0.4, -0.2) is 34.6 Å². The molecule has 2 aliphatic heterocycles. The predicted octanol–water partition coefficient (Wildman–Crippen LogP) is 1.90. The zero-order chi connectivity index (χ0) is 12.5. The Bertz CT molecular complexity index is 483. The molecule has 18 heavy (non-hydrogen) atoms. The van der Waals surface area contributed by atoms with Gasteiger partial charge < -0.3 is 9.47 Å². The summed E-state index contributed by atoms with van der Waals surface area (Å²) in [7, 11) is 2.16. The molecule has 1 aromatic rings. The lowest BCUT2D eigenvalue weighted by Gasteiger charge is -2.28. The molecule has 0 amide bonds. The van der Waals surface area contributed by atoms with Gasteiger partial charge in [-0.1, -0.05) is 0 Å². The number of hydrogen-bond donors (Lipinski definition) is 0. The lowest BCUT2D eigenvalue weighted by atomic mass is 9.94. The summed E-state index contributed by atoms with van der Waals surface area (Å²) >= 11 is 0. The van der Waals surface area contributed by atoms with Crippen LogP contribution in [0.3, 0.4) is 0 Å². The van der Waals surface area contributed by atoms with E-state index >= 15 is 0 Å². The van der Waals surface area contributed by atoms with E-state index in [1.165, 1.54) is 32.2 Å². The number of nitriles is 1. The van der Waals surface area contributed by atoms with Crippen LogP contribution in [0.1, 0.15) is 48.8 Å². The Labute approximate surface area is 108 Å². The SMILES string of the molecule is CN1CCCC(c2nc3n(c2C#N)CCCC3)C1. The van der Waals surface area contributed by atoms with Crippen LogP contribution in [0.15, 0.2) is 0 Å². The summed E-state index contributed by atoms with van der Waals surface area (Å²) in [6, 6.07) is 2.40. The van der Waals surface area contributed by atoms with Crippen molar-refractivity contribution >= 4 is 0 Å². The average molecular weight is 244 g/mol.